The van der Waals surface area contributed by atoms with Crippen LogP contribution in [0.2, 0.25) is 0 Å². The quantitative estimate of drug-likeness (QED) is 0.850. The standard InChI is InChI=1S/C15H25NO/c1-11(2)17-9-8-15(5,16)14-7-6-12(3)13(4)10-14/h6-7,10-11H,8-9,16H2,1-5H3. The predicted octanol–water partition coefficient (Wildman–Crippen LogP) is 3.29. The molecule has 1 atom stereocenters. The average Bonchev–Trinajstić information content (AvgIpc) is 2.21. The number of ether oxygens (including phenoxy) is 1. The van der Waals surface area contributed by atoms with Crippen LogP contribution in [0, 0.1) is 13.8 Å². The Morgan fingerprint density at radius 2 is 1.88 bits per heavy atom. The van der Waals surface area contributed by atoms with Gasteiger partial charge in [0.2, 0.25) is 0 Å². The van der Waals surface area contributed by atoms with Crippen LogP contribution in [0.25, 0.3) is 0 Å². The highest BCUT2D eigenvalue weighted by Gasteiger charge is 2.21. The molecule has 0 aliphatic rings. The lowest BCUT2D eigenvalue weighted by atomic mass is 9.88. The molecule has 0 aliphatic heterocycles. The van der Waals surface area contributed by atoms with E-state index in [4.69, 9.17) is 10.5 Å². The van der Waals surface area contributed by atoms with Crippen LogP contribution in [0.4, 0.5) is 0 Å². The first-order chi connectivity index (χ1) is 7.83. The number of hydrogen-bond acceptors (Lipinski definition) is 2. The lowest BCUT2D eigenvalue weighted by Crippen LogP contribution is -2.34. The van der Waals surface area contributed by atoms with E-state index in [2.05, 4.69) is 39.0 Å². The summed E-state index contributed by atoms with van der Waals surface area (Å²) in [6, 6.07) is 6.45. The molecule has 0 amide bonds. The van der Waals surface area contributed by atoms with E-state index in [1.165, 1.54) is 16.7 Å². The van der Waals surface area contributed by atoms with Crippen molar-refractivity contribution < 1.29 is 4.74 Å². The van der Waals surface area contributed by atoms with E-state index in [9.17, 15) is 0 Å². The molecule has 0 radical (unpaired) electrons. The Morgan fingerprint density at radius 3 is 2.41 bits per heavy atom. The second-order valence-corrected chi connectivity index (χ2v) is 5.39. The monoisotopic (exact) mass is 235 g/mol. The lowest BCUT2D eigenvalue weighted by molar-refractivity contribution is 0.0660. The zero-order valence-electron chi connectivity index (χ0n) is 11.7. The van der Waals surface area contributed by atoms with E-state index in [0.717, 1.165) is 6.42 Å². The molecule has 0 aromatic heterocycles. The summed E-state index contributed by atoms with van der Waals surface area (Å²) in [6.45, 7) is 11.1. The first kappa shape index (κ1) is 14.2. The Balaban J connectivity index is 2.71. The van der Waals surface area contributed by atoms with Gasteiger partial charge in [0, 0.05) is 12.1 Å². The zero-order chi connectivity index (χ0) is 13.1. The number of aryl methyl sites for hydroxylation is 2. The molecule has 0 spiro atoms. The van der Waals surface area contributed by atoms with E-state index < -0.39 is 0 Å². The minimum atomic E-state index is -0.312. The zero-order valence-corrected chi connectivity index (χ0v) is 11.7. The molecule has 0 heterocycles. The van der Waals surface area contributed by atoms with Crippen molar-refractivity contribution >= 4 is 0 Å². The van der Waals surface area contributed by atoms with Gasteiger partial charge >= 0.3 is 0 Å². The maximum absolute atomic E-state index is 6.36. The molecular formula is C15H25NO. The summed E-state index contributed by atoms with van der Waals surface area (Å²) in [4.78, 5) is 0. The molecule has 1 rings (SSSR count). The molecule has 0 saturated carbocycles. The summed E-state index contributed by atoms with van der Waals surface area (Å²) >= 11 is 0. The van der Waals surface area contributed by atoms with Crippen molar-refractivity contribution in [2.24, 2.45) is 5.73 Å². The number of rotatable bonds is 5. The summed E-state index contributed by atoms with van der Waals surface area (Å²) in [7, 11) is 0. The van der Waals surface area contributed by atoms with E-state index in [-0.39, 0.29) is 11.6 Å². The fourth-order valence-corrected chi connectivity index (χ4v) is 1.75. The van der Waals surface area contributed by atoms with Crippen LogP contribution in [0.5, 0.6) is 0 Å². The number of benzene rings is 1. The maximum Gasteiger partial charge on any atom is 0.0518 e. The highest BCUT2D eigenvalue weighted by molar-refractivity contribution is 5.33. The van der Waals surface area contributed by atoms with Crippen molar-refractivity contribution in [3.63, 3.8) is 0 Å². The SMILES string of the molecule is Cc1ccc(C(C)(N)CCOC(C)C)cc1C. The number of nitrogens with two attached hydrogens (primary N) is 1. The van der Waals surface area contributed by atoms with E-state index in [1.807, 2.05) is 13.8 Å². The minimum Gasteiger partial charge on any atom is -0.379 e. The first-order valence-corrected chi connectivity index (χ1v) is 6.31. The smallest absolute Gasteiger partial charge is 0.0518 e. The van der Waals surface area contributed by atoms with Crippen molar-refractivity contribution in [3.05, 3.63) is 34.9 Å². The summed E-state index contributed by atoms with van der Waals surface area (Å²) in [5.41, 5.74) is 9.84. The third-order valence-corrected chi connectivity index (χ3v) is 3.24. The third-order valence-electron chi connectivity index (χ3n) is 3.24. The van der Waals surface area contributed by atoms with Crippen molar-refractivity contribution in [1.29, 1.82) is 0 Å². The van der Waals surface area contributed by atoms with Gasteiger partial charge in [-0.05, 0) is 57.7 Å². The Bertz CT molecular complexity index is 369. The van der Waals surface area contributed by atoms with Gasteiger partial charge in [0.25, 0.3) is 0 Å². The van der Waals surface area contributed by atoms with Crippen LogP contribution in [0.1, 0.15) is 43.9 Å². The van der Waals surface area contributed by atoms with Gasteiger partial charge in [-0.1, -0.05) is 18.2 Å². The van der Waals surface area contributed by atoms with Crippen LogP contribution in [-0.2, 0) is 10.3 Å². The van der Waals surface area contributed by atoms with Crippen molar-refractivity contribution in [2.45, 2.75) is 52.7 Å². The van der Waals surface area contributed by atoms with Crippen molar-refractivity contribution in [2.75, 3.05) is 6.61 Å². The highest BCUT2D eigenvalue weighted by Crippen LogP contribution is 2.24. The average molecular weight is 235 g/mol. The van der Waals surface area contributed by atoms with Gasteiger partial charge in [0.1, 0.15) is 0 Å². The topological polar surface area (TPSA) is 35.2 Å². The molecule has 1 aromatic carbocycles. The Morgan fingerprint density at radius 1 is 1.24 bits per heavy atom. The van der Waals surface area contributed by atoms with E-state index in [0.29, 0.717) is 6.61 Å². The molecule has 0 fully saturated rings. The molecule has 2 N–H and O–H groups in total. The molecule has 2 nitrogen and oxygen atoms in total. The maximum atomic E-state index is 6.36. The Labute approximate surface area is 105 Å². The summed E-state index contributed by atoms with van der Waals surface area (Å²) < 4.78 is 5.57. The van der Waals surface area contributed by atoms with Gasteiger partial charge in [0.05, 0.1) is 6.10 Å². The second-order valence-electron chi connectivity index (χ2n) is 5.39. The summed E-state index contributed by atoms with van der Waals surface area (Å²) in [5, 5.41) is 0. The molecule has 17 heavy (non-hydrogen) atoms. The van der Waals surface area contributed by atoms with Gasteiger partial charge in [0.15, 0.2) is 0 Å². The molecule has 96 valence electrons. The van der Waals surface area contributed by atoms with E-state index >= 15 is 0 Å². The summed E-state index contributed by atoms with van der Waals surface area (Å²) in [6.07, 6.45) is 1.11. The summed E-state index contributed by atoms with van der Waals surface area (Å²) in [5.74, 6) is 0. The molecule has 1 unspecified atom stereocenters. The van der Waals surface area contributed by atoms with Crippen molar-refractivity contribution in [3.8, 4) is 0 Å². The van der Waals surface area contributed by atoms with Gasteiger partial charge in [-0.15, -0.1) is 0 Å². The van der Waals surface area contributed by atoms with E-state index in [1.54, 1.807) is 0 Å². The van der Waals surface area contributed by atoms with Crippen LogP contribution >= 0.6 is 0 Å². The number of hydrogen-bond donors (Lipinski definition) is 1. The second kappa shape index (κ2) is 5.65. The van der Waals surface area contributed by atoms with Crippen LogP contribution in [-0.4, -0.2) is 12.7 Å². The molecular weight excluding hydrogens is 210 g/mol. The van der Waals surface area contributed by atoms with Crippen LogP contribution in [0.3, 0.4) is 0 Å². The van der Waals surface area contributed by atoms with Gasteiger partial charge < -0.3 is 10.5 Å². The normalized spacial score (nSPS) is 15.0. The van der Waals surface area contributed by atoms with Crippen LogP contribution in [0.15, 0.2) is 18.2 Å². The third kappa shape index (κ3) is 4.14. The predicted molar refractivity (Wildman–Crippen MR) is 73.2 cm³/mol. The van der Waals surface area contributed by atoms with Gasteiger partial charge in [-0.2, -0.15) is 0 Å². The molecule has 2 heteroatoms. The molecule has 0 bridgehead atoms. The van der Waals surface area contributed by atoms with Crippen LogP contribution < -0.4 is 5.73 Å². The molecule has 1 aromatic rings. The Hall–Kier alpha value is -0.860. The lowest BCUT2D eigenvalue weighted by Gasteiger charge is -2.26. The van der Waals surface area contributed by atoms with Crippen molar-refractivity contribution in [1.82, 2.24) is 0 Å². The van der Waals surface area contributed by atoms with Gasteiger partial charge in [-0.25, -0.2) is 0 Å². The van der Waals surface area contributed by atoms with Gasteiger partial charge in [-0.3, -0.25) is 0 Å². The fraction of sp³-hybridized carbons (Fsp3) is 0.600. The Kier molecular flexibility index (Phi) is 4.72. The minimum absolute atomic E-state index is 0.269. The molecule has 0 aliphatic carbocycles. The fourth-order valence-electron chi connectivity index (χ4n) is 1.75. The first-order valence-electron chi connectivity index (χ1n) is 6.31. The molecule has 0 saturated heterocycles. The largest absolute Gasteiger partial charge is 0.379 e. The highest BCUT2D eigenvalue weighted by atomic mass is 16.5.